The second kappa shape index (κ2) is 16.2. The van der Waals surface area contributed by atoms with E-state index in [2.05, 4.69) is 11.6 Å². The summed E-state index contributed by atoms with van der Waals surface area (Å²) in [7, 11) is -3.72. The summed E-state index contributed by atoms with van der Waals surface area (Å²) in [4.78, 5) is 35.6. The van der Waals surface area contributed by atoms with Crippen molar-refractivity contribution in [2.24, 2.45) is 0 Å². The predicted octanol–water partition coefficient (Wildman–Crippen LogP) is 5.47. The lowest BCUT2D eigenvalue weighted by Gasteiger charge is -2.20. The van der Waals surface area contributed by atoms with Gasteiger partial charge in [0.25, 0.3) is 5.69 Å². The zero-order chi connectivity index (χ0) is 28.0. The topological polar surface area (TPSA) is 147 Å². The number of benzene rings is 1. The van der Waals surface area contributed by atoms with Crippen LogP contribution in [0.2, 0.25) is 0 Å². The van der Waals surface area contributed by atoms with Gasteiger partial charge in [-0.25, -0.2) is 17.9 Å². The average molecular weight is 568 g/mol. The summed E-state index contributed by atoms with van der Waals surface area (Å²) >= 11 is 0.953. The van der Waals surface area contributed by atoms with Gasteiger partial charge in [-0.05, 0) is 24.1 Å². The van der Waals surface area contributed by atoms with Crippen molar-refractivity contribution >= 4 is 38.9 Å². The molecule has 0 spiro atoms. The number of nitro groups is 1. The first-order chi connectivity index (χ1) is 18.1. The van der Waals surface area contributed by atoms with Crippen LogP contribution in [0, 0.1) is 10.1 Å². The Hall–Kier alpha value is -2.83. The first-order valence-corrected chi connectivity index (χ1v) is 15.3. The van der Waals surface area contributed by atoms with Gasteiger partial charge in [0.1, 0.15) is 4.21 Å². The minimum Gasteiger partial charge on any atom is -0.474 e. The van der Waals surface area contributed by atoms with E-state index in [9.17, 15) is 33.2 Å². The molecular weight excluding hydrogens is 530 g/mol. The first kappa shape index (κ1) is 31.4. The molecule has 0 aliphatic rings. The third kappa shape index (κ3) is 10.9. The molecule has 0 aliphatic carbocycles. The number of carbonyl (C=O) groups is 2. The van der Waals surface area contributed by atoms with Crippen LogP contribution in [0.25, 0.3) is 0 Å². The average Bonchev–Trinajstić information content (AvgIpc) is 3.36. The van der Waals surface area contributed by atoms with E-state index < -0.39 is 26.8 Å². The van der Waals surface area contributed by atoms with Crippen molar-refractivity contribution in [3.63, 3.8) is 0 Å². The Morgan fingerprint density at radius 3 is 2.21 bits per heavy atom. The molecule has 38 heavy (non-hydrogen) atoms. The molecule has 0 unspecified atom stereocenters. The molecular formula is C26H37N3O7S2. The highest BCUT2D eigenvalue weighted by atomic mass is 32.2. The quantitative estimate of drug-likeness (QED) is 0.105. The van der Waals surface area contributed by atoms with Crippen molar-refractivity contribution in [2.75, 3.05) is 6.54 Å². The van der Waals surface area contributed by atoms with Crippen LogP contribution in [0.1, 0.15) is 81.6 Å². The van der Waals surface area contributed by atoms with E-state index in [1.54, 1.807) is 6.07 Å². The van der Waals surface area contributed by atoms with E-state index in [-0.39, 0.29) is 23.0 Å². The van der Waals surface area contributed by atoms with Gasteiger partial charge in [-0.15, -0.1) is 11.3 Å². The highest BCUT2D eigenvalue weighted by Crippen LogP contribution is 2.24. The molecule has 2 N–H and O–H groups in total. The standard InChI is InChI=1S/C26H37N3O7S2/c1-2-3-4-5-6-7-8-9-10-11-17-27-38(35,36)24-16-15-23(37-24)20-28(25(30)26(31)32)19-21-13-12-14-22(18-21)29(33)34/h12-16,18,27H,2-11,17,19-20H2,1H3,(H,31,32). The number of carboxylic acid groups (broad SMARTS) is 1. The molecule has 1 aromatic carbocycles. The number of nitro benzene ring substituents is 1. The van der Waals surface area contributed by atoms with Gasteiger partial charge in [-0.2, -0.15) is 0 Å². The van der Waals surface area contributed by atoms with Crippen LogP contribution >= 0.6 is 11.3 Å². The minimum absolute atomic E-state index is 0.0812. The largest absolute Gasteiger partial charge is 0.474 e. The number of rotatable bonds is 18. The zero-order valence-corrected chi connectivity index (χ0v) is 23.4. The molecule has 2 aromatic rings. The summed E-state index contributed by atoms with van der Waals surface area (Å²) < 4.78 is 28.1. The van der Waals surface area contributed by atoms with Gasteiger partial charge < -0.3 is 10.0 Å². The van der Waals surface area contributed by atoms with Gasteiger partial charge in [0.2, 0.25) is 10.0 Å². The van der Waals surface area contributed by atoms with Crippen LogP contribution in [0.5, 0.6) is 0 Å². The highest BCUT2D eigenvalue weighted by molar-refractivity contribution is 7.91. The molecule has 0 radical (unpaired) electrons. The molecule has 2 rings (SSSR count). The fourth-order valence-electron chi connectivity index (χ4n) is 3.99. The summed E-state index contributed by atoms with van der Waals surface area (Å²) in [6, 6.07) is 8.53. The van der Waals surface area contributed by atoms with Crippen LogP contribution < -0.4 is 4.72 Å². The Morgan fingerprint density at radius 2 is 1.61 bits per heavy atom. The zero-order valence-electron chi connectivity index (χ0n) is 21.8. The molecule has 10 nitrogen and oxygen atoms in total. The van der Waals surface area contributed by atoms with E-state index in [1.807, 2.05) is 0 Å². The van der Waals surface area contributed by atoms with Crippen LogP contribution in [0.3, 0.4) is 0 Å². The number of sulfonamides is 1. The maximum absolute atomic E-state index is 12.7. The highest BCUT2D eigenvalue weighted by Gasteiger charge is 2.24. The summed E-state index contributed by atoms with van der Waals surface area (Å²) in [5, 5.41) is 20.2. The number of non-ortho nitro benzene ring substituents is 1. The molecule has 0 bridgehead atoms. The SMILES string of the molecule is CCCCCCCCCCCCNS(=O)(=O)c1ccc(CN(Cc2cccc([N+](=O)[O-])c2)C(=O)C(=O)O)s1. The van der Waals surface area contributed by atoms with E-state index >= 15 is 0 Å². The van der Waals surface area contributed by atoms with Gasteiger partial charge in [0.15, 0.2) is 0 Å². The third-order valence-corrected chi connectivity index (χ3v) is 9.06. The number of carbonyl (C=O) groups excluding carboxylic acids is 1. The van der Waals surface area contributed by atoms with Gasteiger partial charge in [0.05, 0.1) is 11.5 Å². The van der Waals surface area contributed by atoms with Gasteiger partial charge in [0, 0.05) is 30.1 Å². The molecule has 1 heterocycles. The Balaban J connectivity index is 1.87. The minimum atomic E-state index is -3.72. The molecule has 0 saturated heterocycles. The summed E-state index contributed by atoms with van der Waals surface area (Å²) in [6.07, 6.45) is 11.5. The second-order valence-corrected chi connectivity index (χ2v) is 12.4. The van der Waals surface area contributed by atoms with E-state index in [0.717, 1.165) is 41.9 Å². The van der Waals surface area contributed by atoms with Gasteiger partial charge in [-0.3, -0.25) is 14.9 Å². The molecule has 1 amide bonds. The lowest BCUT2D eigenvalue weighted by Crippen LogP contribution is -2.35. The number of nitrogens with one attached hydrogen (secondary N) is 1. The molecule has 1 aromatic heterocycles. The number of hydrogen-bond acceptors (Lipinski definition) is 7. The first-order valence-electron chi connectivity index (χ1n) is 13.0. The second-order valence-electron chi connectivity index (χ2n) is 9.19. The van der Waals surface area contributed by atoms with Crippen LogP contribution in [-0.4, -0.2) is 41.8 Å². The Bertz CT molecular complexity index is 1170. The molecule has 0 saturated carbocycles. The van der Waals surface area contributed by atoms with Crippen molar-refractivity contribution < 1.29 is 28.0 Å². The third-order valence-electron chi connectivity index (χ3n) is 6.04. The summed E-state index contributed by atoms with van der Waals surface area (Å²) in [5.74, 6) is -2.86. The Labute approximate surface area is 228 Å². The van der Waals surface area contributed by atoms with Crippen LogP contribution in [0.15, 0.2) is 40.6 Å². The number of thiophene rings is 1. The van der Waals surface area contributed by atoms with Crippen molar-refractivity contribution in [1.82, 2.24) is 9.62 Å². The molecule has 12 heteroatoms. The fraction of sp³-hybridized carbons (Fsp3) is 0.538. The van der Waals surface area contributed by atoms with E-state index in [4.69, 9.17) is 0 Å². The smallest absolute Gasteiger partial charge is 0.394 e. The van der Waals surface area contributed by atoms with E-state index in [0.29, 0.717) is 17.0 Å². The molecule has 210 valence electrons. The van der Waals surface area contributed by atoms with Crippen molar-refractivity contribution in [3.05, 3.63) is 57.0 Å². The van der Waals surface area contributed by atoms with Crippen molar-refractivity contribution in [1.29, 1.82) is 0 Å². The maximum Gasteiger partial charge on any atom is 0.394 e. The fourth-order valence-corrected chi connectivity index (χ4v) is 6.48. The molecule has 0 fully saturated rings. The number of aliphatic carboxylic acids is 1. The summed E-state index contributed by atoms with van der Waals surface area (Å²) in [6.45, 7) is 2.22. The Kier molecular flexibility index (Phi) is 13.4. The number of amides is 1. The van der Waals surface area contributed by atoms with Crippen molar-refractivity contribution in [2.45, 2.75) is 88.4 Å². The monoisotopic (exact) mass is 567 g/mol. The van der Waals surface area contributed by atoms with E-state index in [1.165, 1.54) is 68.9 Å². The lowest BCUT2D eigenvalue weighted by atomic mass is 10.1. The van der Waals surface area contributed by atoms with Crippen LogP contribution in [-0.2, 0) is 32.7 Å². The van der Waals surface area contributed by atoms with Gasteiger partial charge >= 0.3 is 11.9 Å². The Morgan fingerprint density at radius 1 is 0.974 bits per heavy atom. The maximum atomic E-state index is 12.7. The van der Waals surface area contributed by atoms with Gasteiger partial charge in [-0.1, -0.05) is 76.8 Å². The normalized spacial score (nSPS) is 11.4. The van der Waals surface area contributed by atoms with Crippen molar-refractivity contribution in [3.8, 4) is 0 Å². The molecule has 0 aliphatic heterocycles. The number of unbranched alkanes of at least 4 members (excludes halogenated alkanes) is 9. The molecule has 0 atom stereocenters. The summed E-state index contributed by atoms with van der Waals surface area (Å²) in [5.41, 5.74) is 0.208. The predicted molar refractivity (Wildman–Crippen MR) is 146 cm³/mol. The van der Waals surface area contributed by atoms with Crippen LogP contribution in [0.4, 0.5) is 5.69 Å². The lowest BCUT2D eigenvalue weighted by molar-refractivity contribution is -0.384. The number of carboxylic acids is 1. The number of hydrogen-bond donors (Lipinski definition) is 2. The number of nitrogens with zero attached hydrogens (tertiary/aromatic N) is 2.